The summed E-state index contributed by atoms with van der Waals surface area (Å²) in [5, 5.41) is 23.2. The SMILES string of the molecule is CCNC(=O)C(C)NCC(C)(O)C(=O)O. The topological polar surface area (TPSA) is 98.7 Å². The van der Waals surface area contributed by atoms with Gasteiger partial charge < -0.3 is 20.8 Å². The molecule has 0 aliphatic carbocycles. The van der Waals surface area contributed by atoms with Gasteiger partial charge in [-0.05, 0) is 20.8 Å². The minimum absolute atomic E-state index is 0.180. The summed E-state index contributed by atoms with van der Waals surface area (Å²) in [7, 11) is 0. The van der Waals surface area contributed by atoms with Crippen LogP contribution in [-0.4, -0.2) is 46.8 Å². The minimum atomic E-state index is -1.86. The van der Waals surface area contributed by atoms with Crippen LogP contribution in [0.3, 0.4) is 0 Å². The fourth-order valence-corrected chi connectivity index (χ4v) is 0.847. The summed E-state index contributed by atoms with van der Waals surface area (Å²) in [5.41, 5.74) is -1.86. The van der Waals surface area contributed by atoms with Crippen LogP contribution < -0.4 is 10.6 Å². The highest BCUT2D eigenvalue weighted by atomic mass is 16.4. The first-order valence-electron chi connectivity index (χ1n) is 4.78. The Morgan fingerprint density at radius 1 is 1.47 bits per heavy atom. The van der Waals surface area contributed by atoms with E-state index in [0.29, 0.717) is 6.54 Å². The number of aliphatic carboxylic acids is 1. The Bertz CT molecular complexity index is 240. The first-order valence-corrected chi connectivity index (χ1v) is 4.78. The molecule has 2 atom stereocenters. The maximum atomic E-state index is 11.2. The number of hydrogen-bond donors (Lipinski definition) is 4. The number of likely N-dealkylation sites (N-methyl/N-ethyl adjacent to an activating group) is 1. The maximum Gasteiger partial charge on any atom is 0.336 e. The Labute approximate surface area is 88.7 Å². The van der Waals surface area contributed by atoms with Crippen LogP contribution in [-0.2, 0) is 9.59 Å². The highest BCUT2D eigenvalue weighted by Crippen LogP contribution is 2.01. The zero-order valence-electron chi connectivity index (χ0n) is 9.20. The molecule has 0 aromatic carbocycles. The van der Waals surface area contributed by atoms with Crippen LogP contribution in [0.15, 0.2) is 0 Å². The predicted molar refractivity (Wildman–Crippen MR) is 54.4 cm³/mol. The van der Waals surface area contributed by atoms with E-state index in [1.165, 1.54) is 6.92 Å². The average Bonchev–Trinajstić information content (AvgIpc) is 2.14. The molecule has 6 nitrogen and oxygen atoms in total. The molecule has 0 bridgehead atoms. The van der Waals surface area contributed by atoms with Crippen LogP contribution in [0.5, 0.6) is 0 Å². The Morgan fingerprint density at radius 3 is 2.40 bits per heavy atom. The second kappa shape index (κ2) is 5.67. The quantitative estimate of drug-likeness (QED) is 0.455. The van der Waals surface area contributed by atoms with E-state index < -0.39 is 17.6 Å². The molecule has 0 rings (SSSR count). The van der Waals surface area contributed by atoms with Crippen LogP contribution in [0.1, 0.15) is 20.8 Å². The molecule has 0 heterocycles. The summed E-state index contributed by atoms with van der Waals surface area (Å²) in [4.78, 5) is 21.8. The smallest absolute Gasteiger partial charge is 0.336 e. The van der Waals surface area contributed by atoms with E-state index in [-0.39, 0.29) is 12.5 Å². The maximum absolute atomic E-state index is 11.2. The molecule has 0 aliphatic heterocycles. The Hall–Kier alpha value is -1.14. The number of hydrogen-bond acceptors (Lipinski definition) is 4. The van der Waals surface area contributed by atoms with Gasteiger partial charge in [0, 0.05) is 13.1 Å². The number of carbonyl (C=O) groups is 2. The Kier molecular flexibility index (Phi) is 5.24. The van der Waals surface area contributed by atoms with E-state index in [4.69, 9.17) is 5.11 Å². The number of aliphatic hydroxyl groups is 1. The third-order valence-electron chi connectivity index (χ3n) is 1.96. The van der Waals surface area contributed by atoms with Crippen molar-refractivity contribution in [1.82, 2.24) is 10.6 Å². The largest absolute Gasteiger partial charge is 0.479 e. The van der Waals surface area contributed by atoms with Gasteiger partial charge in [0.1, 0.15) is 0 Å². The third-order valence-corrected chi connectivity index (χ3v) is 1.96. The molecular weight excluding hydrogens is 200 g/mol. The van der Waals surface area contributed by atoms with Crippen LogP contribution in [0.4, 0.5) is 0 Å². The van der Waals surface area contributed by atoms with E-state index in [1.807, 2.05) is 0 Å². The molecule has 0 aromatic rings. The van der Waals surface area contributed by atoms with Crippen LogP contribution in [0.25, 0.3) is 0 Å². The molecular formula is C9H18N2O4. The average molecular weight is 218 g/mol. The zero-order valence-corrected chi connectivity index (χ0v) is 9.20. The lowest BCUT2D eigenvalue weighted by molar-refractivity contribution is -0.156. The second-order valence-electron chi connectivity index (χ2n) is 3.58. The highest BCUT2D eigenvalue weighted by Gasteiger charge is 2.30. The summed E-state index contributed by atoms with van der Waals surface area (Å²) in [6.45, 7) is 4.90. The Morgan fingerprint density at radius 2 is 2.00 bits per heavy atom. The van der Waals surface area contributed by atoms with Gasteiger partial charge in [0.25, 0.3) is 0 Å². The molecule has 0 spiro atoms. The van der Waals surface area contributed by atoms with Crippen molar-refractivity contribution in [3.05, 3.63) is 0 Å². The fraction of sp³-hybridized carbons (Fsp3) is 0.778. The van der Waals surface area contributed by atoms with Gasteiger partial charge in [0.15, 0.2) is 5.60 Å². The van der Waals surface area contributed by atoms with Crippen LogP contribution in [0.2, 0.25) is 0 Å². The summed E-state index contributed by atoms with van der Waals surface area (Å²) in [6, 6.07) is -0.532. The van der Waals surface area contributed by atoms with Gasteiger partial charge in [-0.15, -0.1) is 0 Å². The third kappa shape index (κ3) is 4.75. The van der Waals surface area contributed by atoms with Crippen molar-refractivity contribution in [2.24, 2.45) is 0 Å². The number of rotatable bonds is 6. The molecule has 0 fully saturated rings. The van der Waals surface area contributed by atoms with Gasteiger partial charge >= 0.3 is 5.97 Å². The molecule has 0 saturated carbocycles. The predicted octanol–water partition coefficient (Wildman–Crippen LogP) is -1.06. The minimum Gasteiger partial charge on any atom is -0.479 e. The van der Waals surface area contributed by atoms with Crippen molar-refractivity contribution in [3.8, 4) is 0 Å². The summed E-state index contributed by atoms with van der Waals surface area (Å²) in [5.74, 6) is -1.54. The van der Waals surface area contributed by atoms with E-state index in [9.17, 15) is 14.7 Å². The number of carboxylic acid groups (broad SMARTS) is 1. The molecule has 0 aliphatic rings. The van der Waals surface area contributed by atoms with Gasteiger partial charge in [-0.2, -0.15) is 0 Å². The van der Waals surface area contributed by atoms with Crippen LogP contribution >= 0.6 is 0 Å². The molecule has 15 heavy (non-hydrogen) atoms. The number of amides is 1. The zero-order chi connectivity index (χ0) is 12.1. The van der Waals surface area contributed by atoms with Crippen molar-refractivity contribution in [2.75, 3.05) is 13.1 Å². The standard InChI is InChI=1S/C9H18N2O4/c1-4-10-7(12)6(2)11-5-9(3,15)8(13)14/h6,11,15H,4-5H2,1-3H3,(H,10,12)(H,13,14). The van der Waals surface area contributed by atoms with Crippen molar-refractivity contribution in [2.45, 2.75) is 32.4 Å². The van der Waals surface area contributed by atoms with E-state index in [2.05, 4.69) is 10.6 Å². The van der Waals surface area contributed by atoms with E-state index >= 15 is 0 Å². The van der Waals surface area contributed by atoms with Crippen molar-refractivity contribution < 1.29 is 19.8 Å². The van der Waals surface area contributed by atoms with E-state index in [0.717, 1.165) is 0 Å². The lowest BCUT2D eigenvalue weighted by Gasteiger charge is -2.21. The number of carboxylic acids is 1. The first-order chi connectivity index (χ1) is 6.81. The lowest BCUT2D eigenvalue weighted by atomic mass is 10.1. The normalized spacial score (nSPS) is 16.5. The van der Waals surface area contributed by atoms with Gasteiger partial charge in [-0.25, -0.2) is 4.79 Å². The van der Waals surface area contributed by atoms with Gasteiger partial charge in [-0.1, -0.05) is 0 Å². The van der Waals surface area contributed by atoms with Gasteiger partial charge in [0.2, 0.25) is 5.91 Å². The van der Waals surface area contributed by atoms with Gasteiger partial charge in [0.05, 0.1) is 6.04 Å². The first kappa shape index (κ1) is 13.9. The summed E-state index contributed by atoms with van der Waals surface area (Å²) >= 11 is 0. The van der Waals surface area contributed by atoms with Crippen LogP contribution in [0, 0.1) is 0 Å². The molecule has 2 unspecified atom stereocenters. The number of nitrogens with one attached hydrogen (secondary N) is 2. The lowest BCUT2D eigenvalue weighted by Crippen LogP contribution is -2.51. The molecule has 0 aromatic heterocycles. The van der Waals surface area contributed by atoms with Gasteiger partial charge in [-0.3, -0.25) is 4.79 Å². The van der Waals surface area contributed by atoms with Crippen molar-refractivity contribution in [1.29, 1.82) is 0 Å². The molecule has 1 amide bonds. The molecule has 4 N–H and O–H groups in total. The summed E-state index contributed by atoms with van der Waals surface area (Å²) in [6.07, 6.45) is 0. The van der Waals surface area contributed by atoms with E-state index in [1.54, 1.807) is 13.8 Å². The Balaban J connectivity index is 4.05. The monoisotopic (exact) mass is 218 g/mol. The number of carbonyl (C=O) groups excluding carboxylic acids is 1. The molecule has 0 saturated heterocycles. The molecule has 0 radical (unpaired) electrons. The fourth-order valence-electron chi connectivity index (χ4n) is 0.847. The molecule has 6 heteroatoms. The van der Waals surface area contributed by atoms with Crippen molar-refractivity contribution in [3.63, 3.8) is 0 Å². The second-order valence-corrected chi connectivity index (χ2v) is 3.58. The molecule has 88 valence electrons. The highest BCUT2D eigenvalue weighted by molar-refractivity contribution is 5.81. The summed E-state index contributed by atoms with van der Waals surface area (Å²) < 4.78 is 0. The van der Waals surface area contributed by atoms with Crippen molar-refractivity contribution >= 4 is 11.9 Å².